The van der Waals surface area contributed by atoms with E-state index in [9.17, 15) is 19.1 Å². The van der Waals surface area contributed by atoms with Crippen LogP contribution < -0.4 is 0 Å². The van der Waals surface area contributed by atoms with Crippen LogP contribution in [0.5, 0.6) is 0 Å². The van der Waals surface area contributed by atoms with E-state index in [-0.39, 0.29) is 30.0 Å². The van der Waals surface area contributed by atoms with Crippen molar-refractivity contribution in [1.82, 2.24) is 14.9 Å². The number of rotatable bonds is 8. The highest BCUT2D eigenvalue weighted by Gasteiger charge is 2.33. The van der Waals surface area contributed by atoms with Crippen LogP contribution in [0.15, 0.2) is 18.2 Å². The fourth-order valence-electron chi connectivity index (χ4n) is 4.10. The van der Waals surface area contributed by atoms with Crippen LogP contribution >= 0.6 is 0 Å². The zero-order valence-electron chi connectivity index (χ0n) is 16.3. The molecule has 1 amide bonds. The molecule has 2 aromatic rings. The Morgan fingerprint density at radius 2 is 2.14 bits per heavy atom. The first kappa shape index (κ1) is 20.3. The lowest BCUT2D eigenvalue weighted by molar-refractivity contribution is -0.140. The summed E-state index contributed by atoms with van der Waals surface area (Å²) < 4.78 is 13.4. The minimum atomic E-state index is -0.815. The maximum Gasteiger partial charge on any atom is 0.303 e. The number of aromatic nitrogens is 2. The number of nitrogens with one attached hydrogen (secondary N) is 1. The van der Waals surface area contributed by atoms with E-state index >= 15 is 0 Å². The van der Waals surface area contributed by atoms with E-state index in [2.05, 4.69) is 16.9 Å². The molecule has 1 aromatic heterocycles. The summed E-state index contributed by atoms with van der Waals surface area (Å²) in [4.78, 5) is 33.3. The zero-order chi connectivity index (χ0) is 20.1. The van der Waals surface area contributed by atoms with Crippen molar-refractivity contribution < 1.29 is 19.1 Å². The van der Waals surface area contributed by atoms with E-state index in [4.69, 9.17) is 0 Å². The predicted octanol–water partition coefficient (Wildman–Crippen LogP) is 3.76. The van der Waals surface area contributed by atoms with Gasteiger partial charge >= 0.3 is 5.97 Å². The van der Waals surface area contributed by atoms with Crippen LogP contribution in [-0.4, -0.2) is 44.9 Å². The quantitative estimate of drug-likeness (QED) is 0.673. The number of imidazole rings is 1. The molecule has 1 aromatic carbocycles. The van der Waals surface area contributed by atoms with E-state index in [1.165, 1.54) is 12.1 Å². The summed E-state index contributed by atoms with van der Waals surface area (Å²) in [7, 11) is 0. The van der Waals surface area contributed by atoms with E-state index in [0.717, 1.165) is 19.3 Å². The molecule has 6 nitrogen and oxygen atoms in total. The number of aliphatic carboxylic acids is 1. The molecule has 1 aliphatic rings. The van der Waals surface area contributed by atoms with Crippen molar-refractivity contribution >= 4 is 22.9 Å². The smallest absolute Gasteiger partial charge is 0.303 e. The van der Waals surface area contributed by atoms with Gasteiger partial charge in [0.15, 0.2) is 0 Å². The molecule has 2 heterocycles. The number of fused-ring (bicyclic) bond motifs is 1. The molecular weight excluding hydrogens is 361 g/mol. The summed E-state index contributed by atoms with van der Waals surface area (Å²) in [6, 6.07) is 4.41. The number of nitrogens with zero attached hydrogens (tertiary/aromatic N) is 2. The van der Waals surface area contributed by atoms with Crippen molar-refractivity contribution in [3.05, 3.63) is 29.8 Å². The number of carboxylic acid groups (broad SMARTS) is 1. The SMILES string of the molecule is CCCCCC(=O)N1CC[C@@H](CC(=O)O)[C@@H](Cc2nc3ccc(F)cc3[nH]2)C1. The summed E-state index contributed by atoms with van der Waals surface area (Å²) >= 11 is 0. The second kappa shape index (κ2) is 9.17. The molecular formula is C21H28FN3O3. The second-order valence-electron chi connectivity index (χ2n) is 7.75. The fourth-order valence-corrected chi connectivity index (χ4v) is 4.10. The van der Waals surface area contributed by atoms with Crippen molar-refractivity contribution in [3.8, 4) is 0 Å². The molecule has 2 N–H and O–H groups in total. The van der Waals surface area contributed by atoms with Gasteiger partial charge in [0.25, 0.3) is 0 Å². The Kier molecular flexibility index (Phi) is 6.65. The molecule has 7 heteroatoms. The molecule has 0 unspecified atom stereocenters. The van der Waals surface area contributed by atoms with Crippen LogP contribution in [0.1, 0.15) is 51.3 Å². The highest BCUT2D eigenvalue weighted by Crippen LogP contribution is 2.30. The van der Waals surface area contributed by atoms with Crippen LogP contribution in [0.3, 0.4) is 0 Å². The van der Waals surface area contributed by atoms with Crippen molar-refractivity contribution in [3.63, 3.8) is 0 Å². The maximum absolute atomic E-state index is 13.4. The van der Waals surface area contributed by atoms with E-state index < -0.39 is 5.97 Å². The van der Waals surface area contributed by atoms with Crippen LogP contribution in [0.25, 0.3) is 11.0 Å². The third-order valence-electron chi connectivity index (χ3n) is 5.62. The maximum atomic E-state index is 13.4. The zero-order valence-corrected chi connectivity index (χ0v) is 16.3. The topological polar surface area (TPSA) is 86.3 Å². The van der Waals surface area contributed by atoms with E-state index in [0.29, 0.717) is 49.2 Å². The van der Waals surface area contributed by atoms with Crippen molar-refractivity contribution in [1.29, 1.82) is 0 Å². The molecule has 2 atom stereocenters. The highest BCUT2D eigenvalue weighted by molar-refractivity contribution is 5.76. The first-order valence-electron chi connectivity index (χ1n) is 10.1. The van der Waals surface area contributed by atoms with Gasteiger partial charge in [-0.05, 0) is 42.9 Å². The number of carbonyl (C=O) groups excluding carboxylic acids is 1. The summed E-state index contributed by atoms with van der Waals surface area (Å²) in [6.45, 7) is 3.27. The van der Waals surface area contributed by atoms with E-state index in [1.807, 2.05) is 4.90 Å². The summed E-state index contributed by atoms with van der Waals surface area (Å²) in [5.74, 6) is -0.259. The standard InChI is InChI=1S/C21H28FN3O3/c1-2-3-4-5-20(26)25-9-8-14(11-21(27)28)15(13-25)10-19-23-17-7-6-16(22)12-18(17)24-19/h6-7,12,14-15H,2-5,8-11,13H2,1H3,(H,23,24)(H,27,28)/t14-,15-/m0/s1. The molecule has 28 heavy (non-hydrogen) atoms. The Balaban J connectivity index is 1.72. The first-order valence-corrected chi connectivity index (χ1v) is 10.1. The summed E-state index contributed by atoms with van der Waals surface area (Å²) in [5.41, 5.74) is 1.32. The number of unbranched alkanes of at least 4 members (excludes halogenated alkanes) is 2. The monoisotopic (exact) mass is 389 g/mol. The second-order valence-corrected chi connectivity index (χ2v) is 7.75. The van der Waals surface area contributed by atoms with Crippen LogP contribution in [0.2, 0.25) is 0 Å². The minimum Gasteiger partial charge on any atom is -0.481 e. The molecule has 0 radical (unpaired) electrons. The van der Waals surface area contributed by atoms with Crippen LogP contribution in [-0.2, 0) is 16.0 Å². The average Bonchev–Trinajstić information content (AvgIpc) is 3.04. The van der Waals surface area contributed by atoms with E-state index in [1.54, 1.807) is 6.07 Å². The lowest BCUT2D eigenvalue weighted by atomic mass is 9.81. The predicted molar refractivity (Wildman–Crippen MR) is 104 cm³/mol. The van der Waals surface area contributed by atoms with Gasteiger partial charge in [0.05, 0.1) is 11.0 Å². The number of piperidine rings is 1. The lowest BCUT2D eigenvalue weighted by Gasteiger charge is -2.38. The van der Waals surface area contributed by atoms with Gasteiger partial charge in [-0.3, -0.25) is 9.59 Å². The van der Waals surface area contributed by atoms with Crippen LogP contribution in [0, 0.1) is 17.7 Å². The molecule has 3 rings (SSSR count). The number of carboxylic acids is 1. The third kappa shape index (κ3) is 5.09. The molecule has 0 saturated carbocycles. The average molecular weight is 389 g/mol. The van der Waals surface area contributed by atoms with Gasteiger partial charge < -0.3 is 15.0 Å². The number of H-pyrrole nitrogens is 1. The first-order chi connectivity index (χ1) is 13.5. The Hall–Kier alpha value is -2.44. The number of likely N-dealkylation sites (tertiary alicyclic amines) is 1. The van der Waals surface area contributed by atoms with Gasteiger partial charge in [0.2, 0.25) is 5.91 Å². The highest BCUT2D eigenvalue weighted by atomic mass is 19.1. The Morgan fingerprint density at radius 3 is 2.89 bits per heavy atom. The minimum absolute atomic E-state index is 0.00198. The number of benzene rings is 1. The molecule has 1 fully saturated rings. The fraction of sp³-hybridized carbons (Fsp3) is 0.571. The molecule has 0 bridgehead atoms. The normalized spacial score (nSPS) is 19.9. The number of hydrogen-bond acceptors (Lipinski definition) is 3. The Labute approximate surface area is 164 Å². The summed E-state index contributed by atoms with van der Waals surface area (Å²) in [5, 5.41) is 9.27. The van der Waals surface area contributed by atoms with Gasteiger partial charge in [-0.1, -0.05) is 19.8 Å². The number of hydrogen-bond donors (Lipinski definition) is 2. The third-order valence-corrected chi connectivity index (χ3v) is 5.62. The largest absolute Gasteiger partial charge is 0.481 e. The van der Waals surface area contributed by atoms with Gasteiger partial charge in [-0.2, -0.15) is 0 Å². The number of carbonyl (C=O) groups is 2. The van der Waals surface area contributed by atoms with Crippen molar-refractivity contribution in [2.24, 2.45) is 11.8 Å². The Morgan fingerprint density at radius 1 is 1.32 bits per heavy atom. The molecule has 1 aliphatic heterocycles. The van der Waals surface area contributed by atoms with Crippen molar-refractivity contribution in [2.75, 3.05) is 13.1 Å². The van der Waals surface area contributed by atoms with Gasteiger partial charge in [-0.25, -0.2) is 9.37 Å². The molecule has 0 aliphatic carbocycles. The number of amides is 1. The Bertz CT molecular complexity index is 835. The van der Waals surface area contributed by atoms with Crippen molar-refractivity contribution in [2.45, 2.75) is 51.9 Å². The summed E-state index contributed by atoms with van der Waals surface area (Å²) in [6.07, 6.45) is 4.89. The molecule has 152 valence electrons. The number of aromatic amines is 1. The van der Waals surface area contributed by atoms with Gasteiger partial charge in [-0.15, -0.1) is 0 Å². The lowest BCUT2D eigenvalue weighted by Crippen LogP contribution is -2.45. The van der Waals surface area contributed by atoms with Gasteiger partial charge in [0.1, 0.15) is 11.6 Å². The molecule has 1 saturated heterocycles. The van der Waals surface area contributed by atoms with Gasteiger partial charge in [0, 0.05) is 32.4 Å². The van der Waals surface area contributed by atoms with Crippen LogP contribution in [0.4, 0.5) is 4.39 Å². The number of halogens is 1. The molecule has 0 spiro atoms.